The van der Waals surface area contributed by atoms with Gasteiger partial charge in [-0.05, 0) is 19.3 Å². The number of nitrogens with two attached hydrogens (primary N) is 1. The monoisotopic (exact) mass is 127 g/mol. The third-order valence-corrected chi connectivity index (χ3v) is 2.57. The largest absolute Gasteiger partial charge is 0.381 e. The highest BCUT2D eigenvalue weighted by Gasteiger charge is 2.46. The van der Waals surface area contributed by atoms with Crippen LogP contribution in [0.3, 0.4) is 0 Å². The predicted molar refractivity (Wildman–Crippen MR) is 35.1 cm³/mol. The first kappa shape index (κ1) is 5.69. The van der Waals surface area contributed by atoms with Crippen LogP contribution in [0.2, 0.25) is 0 Å². The van der Waals surface area contributed by atoms with Gasteiger partial charge >= 0.3 is 0 Å². The van der Waals surface area contributed by atoms with Gasteiger partial charge in [0.05, 0.1) is 6.61 Å². The zero-order valence-electron chi connectivity index (χ0n) is 5.60. The zero-order valence-corrected chi connectivity index (χ0v) is 5.60. The van der Waals surface area contributed by atoms with Crippen LogP contribution in [-0.2, 0) is 4.74 Å². The fourth-order valence-corrected chi connectivity index (χ4v) is 1.54. The Morgan fingerprint density at radius 3 is 2.67 bits per heavy atom. The van der Waals surface area contributed by atoms with Crippen molar-refractivity contribution in [2.45, 2.75) is 24.8 Å². The molecule has 2 rings (SSSR count). The lowest BCUT2D eigenvalue weighted by atomic mass is 9.98. The van der Waals surface area contributed by atoms with Crippen molar-refractivity contribution < 1.29 is 4.74 Å². The minimum absolute atomic E-state index is 0.205. The molecule has 2 aliphatic rings. The van der Waals surface area contributed by atoms with E-state index in [1.807, 2.05) is 0 Å². The van der Waals surface area contributed by atoms with Gasteiger partial charge in [-0.2, -0.15) is 0 Å². The van der Waals surface area contributed by atoms with Crippen LogP contribution in [0.4, 0.5) is 0 Å². The number of ether oxygens (including phenoxy) is 1. The third-order valence-electron chi connectivity index (χ3n) is 2.57. The van der Waals surface area contributed by atoms with Crippen LogP contribution >= 0.6 is 0 Å². The van der Waals surface area contributed by atoms with Crippen molar-refractivity contribution in [3.05, 3.63) is 0 Å². The molecule has 0 aromatic carbocycles. The second-order valence-corrected chi connectivity index (χ2v) is 3.29. The lowest BCUT2D eigenvalue weighted by Crippen LogP contribution is -2.32. The Balaban J connectivity index is 1.97. The van der Waals surface area contributed by atoms with Gasteiger partial charge in [0.25, 0.3) is 0 Å². The average Bonchev–Trinajstić information content (AvgIpc) is 2.46. The van der Waals surface area contributed by atoms with Gasteiger partial charge in [0, 0.05) is 18.1 Å². The van der Waals surface area contributed by atoms with Crippen LogP contribution in [0.15, 0.2) is 0 Å². The van der Waals surface area contributed by atoms with Gasteiger partial charge in [-0.15, -0.1) is 0 Å². The van der Waals surface area contributed by atoms with Crippen LogP contribution < -0.4 is 5.73 Å². The molecule has 0 aromatic heterocycles. The highest BCUT2D eigenvalue weighted by Crippen LogP contribution is 2.42. The SMILES string of the molecule is NC1(C2CCOC2)CC1. The van der Waals surface area contributed by atoms with Crippen molar-refractivity contribution in [3.63, 3.8) is 0 Å². The number of rotatable bonds is 1. The molecule has 0 spiro atoms. The Hall–Kier alpha value is -0.0800. The van der Waals surface area contributed by atoms with Gasteiger partial charge in [0.15, 0.2) is 0 Å². The Kier molecular flexibility index (Phi) is 1.08. The molecule has 9 heavy (non-hydrogen) atoms. The smallest absolute Gasteiger partial charge is 0.0512 e. The first-order chi connectivity index (χ1) is 4.31. The molecule has 2 fully saturated rings. The van der Waals surface area contributed by atoms with Gasteiger partial charge in [0.1, 0.15) is 0 Å². The molecule has 1 saturated heterocycles. The quantitative estimate of drug-likeness (QED) is 0.557. The van der Waals surface area contributed by atoms with E-state index in [1.165, 1.54) is 19.3 Å². The molecule has 1 atom stereocenters. The van der Waals surface area contributed by atoms with Crippen molar-refractivity contribution in [2.75, 3.05) is 13.2 Å². The predicted octanol–water partition coefficient (Wildman–Crippen LogP) is 0.514. The van der Waals surface area contributed by atoms with E-state index in [9.17, 15) is 0 Å². The minimum Gasteiger partial charge on any atom is -0.381 e. The highest BCUT2D eigenvalue weighted by atomic mass is 16.5. The maximum atomic E-state index is 5.97. The van der Waals surface area contributed by atoms with E-state index in [1.54, 1.807) is 0 Å². The van der Waals surface area contributed by atoms with Crippen molar-refractivity contribution in [1.82, 2.24) is 0 Å². The molecule has 0 radical (unpaired) electrons. The van der Waals surface area contributed by atoms with E-state index in [2.05, 4.69) is 0 Å². The molecule has 1 saturated carbocycles. The molecular weight excluding hydrogens is 114 g/mol. The summed E-state index contributed by atoms with van der Waals surface area (Å²) < 4.78 is 5.24. The normalized spacial score (nSPS) is 39.0. The Bertz CT molecular complexity index is 114. The van der Waals surface area contributed by atoms with Crippen molar-refractivity contribution >= 4 is 0 Å². The van der Waals surface area contributed by atoms with E-state index in [0.717, 1.165) is 13.2 Å². The standard InChI is InChI=1S/C7H13NO/c8-7(2-3-7)6-1-4-9-5-6/h6H,1-5,8H2. The molecule has 1 unspecified atom stereocenters. The summed E-state index contributed by atoms with van der Waals surface area (Å²) >= 11 is 0. The third kappa shape index (κ3) is 0.864. The Morgan fingerprint density at radius 2 is 2.22 bits per heavy atom. The molecule has 0 amide bonds. The zero-order chi connectivity index (χ0) is 6.32. The van der Waals surface area contributed by atoms with Gasteiger partial charge in [-0.1, -0.05) is 0 Å². The van der Waals surface area contributed by atoms with E-state index in [0.29, 0.717) is 5.92 Å². The summed E-state index contributed by atoms with van der Waals surface area (Å²) in [7, 11) is 0. The first-order valence-electron chi connectivity index (χ1n) is 3.68. The second kappa shape index (κ2) is 1.70. The van der Waals surface area contributed by atoms with Crippen LogP contribution in [0.25, 0.3) is 0 Å². The molecule has 0 aromatic rings. The van der Waals surface area contributed by atoms with Gasteiger partial charge in [0.2, 0.25) is 0 Å². The summed E-state index contributed by atoms with van der Waals surface area (Å²) in [5, 5.41) is 0. The Morgan fingerprint density at radius 1 is 1.44 bits per heavy atom. The van der Waals surface area contributed by atoms with Crippen molar-refractivity contribution in [3.8, 4) is 0 Å². The lowest BCUT2D eigenvalue weighted by molar-refractivity contribution is 0.178. The van der Waals surface area contributed by atoms with Crippen LogP contribution in [-0.4, -0.2) is 18.8 Å². The molecule has 1 aliphatic heterocycles. The van der Waals surface area contributed by atoms with Gasteiger partial charge in [-0.3, -0.25) is 0 Å². The molecule has 2 heteroatoms. The van der Waals surface area contributed by atoms with Crippen LogP contribution in [0.1, 0.15) is 19.3 Å². The summed E-state index contributed by atoms with van der Waals surface area (Å²) in [4.78, 5) is 0. The molecule has 2 N–H and O–H groups in total. The summed E-state index contributed by atoms with van der Waals surface area (Å²) in [6, 6.07) is 0. The molecule has 2 nitrogen and oxygen atoms in total. The molecule has 0 bridgehead atoms. The van der Waals surface area contributed by atoms with Crippen LogP contribution in [0.5, 0.6) is 0 Å². The van der Waals surface area contributed by atoms with Gasteiger partial charge in [-0.25, -0.2) is 0 Å². The fourth-order valence-electron chi connectivity index (χ4n) is 1.54. The molecule has 52 valence electrons. The lowest BCUT2D eigenvalue weighted by Gasteiger charge is -2.14. The summed E-state index contributed by atoms with van der Waals surface area (Å²) in [6.45, 7) is 1.85. The van der Waals surface area contributed by atoms with Crippen molar-refractivity contribution in [2.24, 2.45) is 11.7 Å². The molecule has 1 aliphatic carbocycles. The van der Waals surface area contributed by atoms with E-state index >= 15 is 0 Å². The Labute approximate surface area is 55.4 Å². The maximum absolute atomic E-state index is 5.97. The summed E-state index contributed by atoms with van der Waals surface area (Å²) in [5.74, 6) is 0.678. The van der Waals surface area contributed by atoms with Crippen molar-refractivity contribution in [1.29, 1.82) is 0 Å². The average molecular weight is 127 g/mol. The van der Waals surface area contributed by atoms with Crippen LogP contribution in [0, 0.1) is 5.92 Å². The first-order valence-corrected chi connectivity index (χ1v) is 3.68. The summed E-state index contributed by atoms with van der Waals surface area (Å²) in [6.07, 6.45) is 3.64. The second-order valence-electron chi connectivity index (χ2n) is 3.29. The van der Waals surface area contributed by atoms with E-state index in [4.69, 9.17) is 10.5 Å². The molecule has 1 heterocycles. The van der Waals surface area contributed by atoms with E-state index in [-0.39, 0.29) is 5.54 Å². The summed E-state index contributed by atoms with van der Waals surface area (Å²) in [5.41, 5.74) is 6.18. The fraction of sp³-hybridized carbons (Fsp3) is 1.00. The number of hydrogen-bond donors (Lipinski definition) is 1. The van der Waals surface area contributed by atoms with Gasteiger partial charge < -0.3 is 10.5 Å². The minimum atomic E-state index is 0.205. The van der Waals surface area contributed by atoms with E-state index < -0.39 is 0 Å². The molecular formula is C7H13NO. The maximum Gasteiger partial charge on any atom is 0.0512 e. The number of hydrogen-bond acceptors (Lipinski definition) is 2. The highest BCUT2D eigenvalue weighted by molar-refractivity contribution is 5.04. The topological polar surface area (TPSA) is 35.2 Å².